The van der Waals surface area contributed by atoms with Gasteiger partial charge in [-0.25, -0.2) is 8.78 Å². The molecule has 3 N–H and O–H groups in total. The summed E-state index contributed by atoms with van der Waals surface area (Å²) in [7, 11) is 0. The molecule has 0 bridgehead atoms. The first-order valence-electron chi connectivity index (χ1n) is 5.54. The lowest BCUT2D eigenvalue weighted by atomic mass is 9.98. The molecule has 0 fully saturated rings. The van der Waals surface area contributed by atoms with Crippen LogP contribution in [-0.4, -0.2) is 0 Å². The van der Waals surface area contributed by atoms with E-state index in [4.69, 9.17) is 10.3 Å². The molecular weight excluding hydrogens is 238 g/mol. The van der Waals surface area contributed by atoms with Crippen LogP contribution in [0.15, 0.2) is 35.1 Å². The summed E-state index contributed by atoms with van der Waals surface area (Å²) in [5.41, 5.74) is 4.16. The number of furan rings is 1. The van der Waals surface area contributed by atoms with E-state index >= 15 is 0 Å². The number of hydrogen-bond donors (Lipinski definition) is 2. The second-order valence-electron chi connectivity index (χ2n) is 4.18. The van der Waals surface area contributed by atoms with Crippen LogP contribution in [0.25, 0.3) is 0 Å². The van der Waals surface area contributed by atoms with Gasteiger partial charge < -0.3 is 4.42 Å². The van der Waals surface area contributed by atoms with Crippen LogP contribution in [0.4, 0.5) is 8.78 Å². The smallest absolute Gasteiger partial charge is 0.130 e. The summed E-state index contributed by atoms with van der Waals surface area (Å²) < 4.78 is 31.9. The van der Waals surface area contributed by atoms with Crippen LogP contribution in [0.5, 0.6) is 0 Å². The summed E-state index contributed by atoms with van der Waals surface area (Å²) in [5.74, 6) is 4.27. The number of nitrogens with two attached hydrogens (primary N) is 1. The molecule has 18 heavy (non-hydrogen) atoms. The van der Waals surface area contributed by atoms with Gasteiger partial charge in [0, 0.05) is 11.6 Å². The lowest BCUT2D eigenvalue weighted by molar-refractivity contribution is 0.497. The van der Waals surface area contributed by atoms with Gasteiger partial charge in [-0.1, -0.05) is 0 Å². The van der Waals surface area contributed by atoms with E-state index in [0.717, 1.165) is 11.6 Å². The predicted octanol–water partition coefficient (Wildman–Crippen LogP) is 2.61. The highest BCUT2D eigenvalue weighted by molar-refractivity contribution is 5.29. The van der Waals surface area contributed by atoms with Crippen LogP contribution in [0.1, 0.15) is 22.7 Å². The Balaban J connectivity index is 2.30. The van der Waals surface area contributed by atoms with Crippen molar-refractivity contribution in [3.05, 3.63) is 59.1 Å². The minimum Gasteiger partial charge on any atom is -0.472 e. The number of aryl methyl sites for hydroxylation is 1. The Bertz CT molecular complexity index is 526. The second-order valence-corrected chi connectivity index (χ2v) is 4.18. The molecule has 1 atom stereocenters. The molecule has 0 aliphatic heterocycles. The van der Waals surface area contributed by atoms with Crippen LogP contribution in [0, 0.1) is 18.6 Å². The van der Waals surface area contributed by atoms with Gasteiger partial charge in [0.25, 0.3) is 0 Å². The lowest BCUT2D eigenvalue weighted by Gasteiger charge is -2.17. The quantitative estimate of drug-likeness (QED) is 0.649. The zero-order valence-corrected chi connectivity index (χ0v) is 9.91. The molecule has 0 aliphatic rings. The van der Waals surface area contributed by atoms with Gasteiger partial charge in [-0.2, -0.15) is 0 Å². The van der Waals surface area contributed by atoms with Crippen molar-refractivity contribution in [3.8, 4) is 0 Å². The summed E-state index contributed by atoms with van der Waals surface area (Å²) >= 11 is 0. The Labute approximate surface area is 104 Å². The Morgan fingerprint density at radius 3 is 2.72 bits per heavy atom. The Kier molecular flexibility index (Phi) is 3.74. The van der Waals surface area contributed by atoms with Gasteiger partial charge in [0.15, 0.2) is 0 Å². The maximum Gasteiger partial charge on any atom is 0.130 e. The summed E-state index contributed by atoms with van der Waals surface area (Å²) in [5, 5.41) is 0. The van der Waals surface area contributed by atoms with Crippen LogP contribution in [-0.2, 0) is 6.42 Å². The average molecular weight is 252 g/mol. The Morgan fingerprint density at radius 2 is 2.11 bits per heavy atom. The fraction of sp³-hybridized carbons (Fsp3) is 0.231. The Morgan fingerprint density at radius 1 is 1.33 bits per heavy atom. The maximum atomic E-state index is 13.7. The molecular formula is C13H14F2N2O. The molecule has 0 aliphatic carbocycles. The van der Waals surface area contributed by atoms with Crippen molar-refractivity contribution < 1.29 is 13.2 Å². The zero-order chi connectivity index (χ0) is 13.1. The third-order valence-electron chi connectivity index (χ3n) is 2.87. The molecule has 1 unspecified atom stereocenters. The van der Waals surface area contributed by atoms with Crippen LogP contribution < -0.4 is 11.3 Å². The van der Waals surface area contributed by atoms with Crippen LogP contribution in [0.2, 0.25) is 0 Å². The van der Waals surface area contributed by atoms with E-state index in [2.05, 4.69) is 5.43 Å². The van der Waals surface area contributed by atoms with Gasteiger partial charge in [-0.05, 0) is 36.6 Å². The number of rotatable bonds is 4. The van der Waals surface area contributed by atoms with Crippen molar-refractivity contribution in [1.82, 2.24) is 5.43 Å². The molecule has 1 aromatic carbocycles. The van der Waals surface area contributed by atoms with Gasteiger partial charge in [-0.15, -0.1) is 0 Å². The summed E-state index contributed by atoms with van der Waals surface area (Å²) in [6.07, 6.45) is 3.57. The monoisotopic (exact) mass is 252 g/mol. The fourth-order valence-corrected chi connectivity index (χ4v) is 1.85. The highest BCUT2D eigenvalue weighted by atomic mass is 19.1. The normalized spacial score (nSPS) is 12.7. The topological polar surface area (TPSA) is 51.2 Å². The molecule has 1 aromatic heterocycles. The third-order valence-corrected chi connectivity index (χ3v) is 2.87. The molecule has 3 nitrogen and oxygen atoms in total. The number of halogens is 2. The van der Waals surface area contributed by atoms with Crippen LogP contribution in [0.3, 0.4) is 0 Å². The maximum absolute atomic E-state index is 13.7. The number of benzene rings is 1. The van der Waals surface area contributed by atoms with Gasteiger partial charge >= 0.3 is 0 Å². The number of hydrogen-bond acceptors (Lipinski definition) is 3. The van der Waals surface area contributed by atoms with Crippen molar-refractivity contribution >= 4 is 0 Å². The molecule has 2 rings (SSSR count). The first-order valence-corrected chi connectivity index (χ1v) is 5.54. The molecule has 0 amide bonds. The van der Waals surface area contributed by atoms with Gasteiger partial charge in [0.1, 0.15) is 11.6 Å². The van der Waals surface area contributed by atoms with Gasteiger partial charge in [0.05, 0.1) is 18.6 Å². The highest BCUT2D eigenvalue weighted by Crippen LogP contribution is 2.23. The van der Waals surface area contributed by atoms with E-state index in [1.165, 1.54) is 12.3 Å². The molecule has 0 saturated heterocycles. The number of hydrazine groups is 1. The van der Waals surface area contributed by atoms with Crippen molar-refractivity contribution in [2.24, 2.45) is 5.84 Å². The average Bonchev–Trinajstić information content (AvgIpc) is 2.84. The van der Waals surface area contributed by atoms with E-state index in [1.807, 2.05) is 0 Å². The Hall–Kier alpha value is -1.72. The van der Waals surface area contributed by atoms with E-state index in [0.29, 0.717) is 17.5 Å². The van der Waals surface area contributed by atoms with Crippen molar-refractivity contribution in [1.29, 1.82) is 0 Å². The molecule has 1 heterocycles. The van der Waals surface area contributed by atoms with Crippen LogP contribution >= 0.6 is 0 Å². The molecule has 0 spiro atoms. The number of nitrogens with one attached hydrogen (secondary N) is 1. The molecule has 5 heteroatoms. The fourth-order valence-electron chi connectivity index (χ4n) is 1.85. The van der Waals surface area contributed by atoms with E-state index in [-0.39, 0.29) is 0 Å². The zero-order valence-electron chi connectivity index (χ0n) is 9.91. The largest absolute Gasteiger partial charge is 0.472 e. The first kappa shape index (κ1) is 12.7. The first-order chi connectivity index (χ1) is 8.61. The van der Waals surface area contributed by atoms with Gasteiger partial charge in [-0.3, -0.25) is 11.3 Å². The van der Waals surface area contributed by atoms with Crippen molar-refractivity contribution in [3.63, 3.8) is 0 Å². The molecule has 0 radical (unpaired) electrons. The van der Waals surface area contributed by atoms with E-state index in [1.54, 1.807) is 19.3 Å². The highest BCUT2D eigenvalue weighted by Gasteiger charge is 2.17. The third kappa shape index (κ3) is 2.57. The molecule has 2 aromatic rings. The molecule has 96 valence electrons. The minimum atomic E-state index is -0.607. The van der Waals surface area contributed by atoms with Crippen molar-refractivity contribution in [2.45, 2.75) is 19.4 Å². The predicted molar refractivity (Wildman–Crippen MR) is 63.6 cm³/mol. The van der Waals surface area contributed by atoms with Gasteiger partial charge in [0.2, 0.25) is 0 Å². The second kappa shape index (κ2) is 5.29. The molecule has 0 saturated carbocycles. The van der Waals surface area contributed by atoms with E-state index < -0.39 is 17.7 Å². The van der Waals surface area contributed by atoms with E-state index in [9.17, 15) is 8.78 Å². The summed E-state index contributed by atoms with van der Waals surface area (Å²) in [6.45, 7) is 1.59. The van der Waals surface area contributed by atoms with Crippen molar-refractivity contribution in [2.75, 3.05) is 0 Å². The SMILES string of the molecule is Cc1cc(C(Cc2ccoc2)NN)c(F)cc1F. The summed E-state index contributed by atoms with van der Waals surface area (Å²) in [6, 6.07) is 3.69. The lowest BCUT2D eigenvalue weighted by Crippen LogP contribution is -2.30. The summed E-state index contributed by atoms with van der Waals surface area (Å²) in [4.78, 5) is 0. The minimum absolute atomic E-state index is 0.345. The standard InChI is InChI=1S/C13H14F2N2O/c1-8-4-10(12(15)6-11(8)14)13(17-16)5-9-2-3-18-7-9/h2-4,6-7,13,17H,5,16H2,1H3.